The van der Waals surface area contributed by atoms with Gasteiger partial charge in [-0.1, -0.05) is 213 Å². The third-order valence-electron chi connectivity index (χ3n) is 20.3. The van der Waals surface area contributed by atoms with Gasteiger partial charge in [-0.15, -0.1) is 214 Å². The van der Waals surface area contributed by atoms with E-state index in [1.54, 1.807) is 23.8 Å². The predicted molar refractivity (Wildman–Crippen MR) is 443 cm³/mol. The Morgan fingerprint density at radius 2 is 0.467 bits per heavy atom. The third kappa shape index (κ3) is 23.9. The zero-order chi connectivity index (χ0) is 73.7. The molecule has 105 heavy (non-hydrogen) atoms. The van der Waals surface area contributed by atoms with E-state index in [1.807, 2.05) is 188 Å². The van der Waals surface area contributed by atoms with Crippen molar-refractivity contribution in [1.29, 1.82) is 0 Å². The van der Waals surface area contributed by atoms with Crippen LogP contribution < -0.4 is 15.6 Å². The van der Waals surface area contributed by atoms with Gasteiger partial charge in [-0.3, -0.25) is 0 Å². The van der Waals surface area contributed by atoms with Gasteiger partial charge in [-0.05, 0) is 104 Å². The molecular formula is C93H108Ir3N6Si3-6. The average Bonchev–Trinajstić information content (AvgIpc) is 0.779. The molecule has 6 heterocycles. The summed E-state index contributed by atoms with van der Waals surface area (Å²) in [4.78, 5) is 26.2. The van der Waals surface area contributed by atoms with Gasteiger partial charge in [0.2, 0.25) is 0 Å². The fourth-order valence-corrected chi connectivity index (χ4v) is 36.6. The van der Waals surface area contributed by atoms with Crippen molar-refractivity contribution in [1.82, 2.24) is 29.9 Å². The quantitative estimate of drug-likeness (QED) is 0.0629. The van der Waals surface area contributed by atoms with Crippen LogP contribution in [0.2, 0.25) is 49.9 Å². The molecule has 6 aromatic carbocycles. The summed E-state index contributed by atoms with van der Waals surface area (Å²) in [6, 6.07) is 99.0. The maximum atomic E-state index is 4.59. The van der Waals surface area contributed by atoms with Crippen LogP contribution in [0.1, 0.15) is 125 Å². The van der Waals surface area contributed by atoms with Crippen LogP contribution >= 0.6 is 0 Å². The van der Waals surface area contributed by atoms with Gasteiger partial charge in [0.15, 0.2) is 0 Å². The monoisotopic (exact) mass is 1970 g/mol. The zero-order valence-electron chi connectivity index (χ0n) is 64.9. The maximum absolute atomic E-state index is 4.59. The van der Waals surface area contributed by atoms with Gasteiger partial charge in [-0.2, -0.15) is 0 Å². The maximum Gasteiger partial charge on any atom is 0.0933 e. The first-order chi connectivity index (χ1) is 49.1. The van der Waals surface area contributed by atoms with Crippen molar-refractivity contribution in [2.45, 2.75) is 174 Å². The number of aromatic nitrogens is 6. The first kappa shape index (κ1) is 90.2. The number of benzene rings is 6. The molecule has 0 bridgehead atoms. The molecule has 0 unspecified atom stereocenters. The van der Waals surface area contributed by atoms with E-state index in [1.165, 1.54) is 10.4 Å². The second-order valence-electron chi connectivity index (χ2n) is 28.8. The van der Waals surface area contributed by atoms with Crippen molar-refractivity contribution in [3.05, 3.63) is 310 Å². The summed E-state index contributed by atoms with van der Waals surface area (Å²) in [5.41, 5.74) is 18.8. The van der Waals surface area contributed by atoms with Crippen molar-refractivity contribution >= 4 is 39.8 Å². The molecular weight excluding hydrogens is 1860 g/mol. The minimum atomic E-state index is -1.62. The molecule has 0 amide bonds. The van der Waals surface area contributed by atoms with E-state index < -0.39 is 24.2 Å². The van der Waals surface area contributed by atoms with Crippen LogP contribution in [-0.4, -0.2) is 54.1 Å². The van der Waals surface area contributed by atoms with Gasteiger partial charge in [0.05, 0.1) is 16.1 Å². The second-order valence-corrected chi connectivity index (χ2v) is 46.5. The van der Waals surface area contributed by atoms with E-state index in [-0.39, 0.29) is 60.3 Å². The molecule has 0 aliphatic rings. The van der Waals surface area contributed by atoms with Crippen LogP contribution in [0.3, 0.4) is 0 Å². The minimum Gasteiger partial charge on any atom is -0.305 e. The standard InChI is InChI=1S/3C20H28NSi.3C11H8N.3Ir/c1-15(2)22(16(3)4,17(5)6)19-11-9-10-18(14-19)20-12-7-8-13-21-20;1-15(2)22(16(3)4,17(5)6)19-12-10-18(11-13-19)20-9-7-8-14-21-20;1-15(2)22(16(3)4,17(5)6)19-12-13-21-20(14-19)18-10-8-7-9-11-18;3*1-2-6-10(7-3-1)11-8-4-5-9-12-11;;;/h7-9,11-17H,1-6H3;2*7-10,12-17H,1-6H3;3*1-6,8-9H;;;/q6*-1;;;. The van der Waals surface area contributed by atoms with Gasteiger partial charge in [-0.25, -0.2) is 0 Å². The van der Waals surface area contributed by atoms with E-state index in [0.29, 0.717) is 33.2 Å². The molecule has 12 rings (SSSR count). The molecule has 0 fully saturated rings. The summed E-state index contributed by atoms with van der Waals surface area (Å²) < 4.78 is 0. The van der Waals surface area contributed by atoms with Crippen molar-refractivity contribution in [3.63, 3.8) is 0 Å². The Balaban J connectivity index is 0.000000270. The summed E-state index contributed by atoms with van der Waals surface area (Å²) >= 11 is 0. The number of pyridine rings is 6. The molecule has 0 saturated carbocycles. The molecule has 0 atom stereocenters. The van der Waals surface area contributed by atoms with E-state index >= 15 is 0 Å². The Kier molecular flexibility index (Phi) is 39.1. The van der Waals surface area contributed by atoms with Crippen LogP contribution in [0.15, 0.2) is 274 Å². The Bertz CT molecular complexity index is 3790. The van der Waals surface area contributed by atoms with Gasteiger partial charge < -0.3 is 29.9 Å². The fraction of sp³-hybridized carbons (Fsp3) is 0.290. The number of hydrogen-bond donors (Lipinski definition) is 0. The Morgan fingerprint density at radius 1 is 0.210 bits per heavy atom. The van der Waals surface area contributed by atoms with Crippen molar-refractivity contribution < 1.29 is 60.3 Å². The predicted octanol–water partition coefficient (Wildman–Crippen LogP) is 23.9. The first-order valence-electron chi connectivity index (χ1n) is 36.6. The summed E-state index contributed by atoms with van der Waals surface area (Å²) in [6.07, 6.45) is 11.0. The first-order valence-corrected chi connectivity index (χ1v) is 43.3. The molecule has 0 aliphatic heterocycles. The average molecular weight is 1970 g/mol. The van der Waals surface area contributed by atoms with Crippen LogP contribution in [-0.2, 0) is 60.3 Å². The van der Waals surface area contributed by atoms with Crippen LogP contribution in [0.4, 0.5) is 0 Å². The van der Waals surface area contributed by atoms with Crippen molar-refractivity contribution in [2.75, 3.05) is 0 Å². The van der Waals surface area contributed by atoms with Crippen LogP contribution in [0, 0.1) is 36.4 Å². The molecule has 3 radical (unpaired) electrons. The fourth-order valence-electron chi connectivity index (χ4n) is 16.4. The minimum absolute atomic E-state index is 0. The van der Waals surface area contributed by atoms with Gasteiger partial charge in [0.1, 0.15) is 0 Å². The van der Waals surface area contributed by atoms with E-state index in [9.17, 15) is 0 Å². The summed E-state index contributed by atoms with van der Waals surface area (Å²) in [5.74, 6) is 0. The molecule has 6 aromatic heterocycles. The molecule has 0 aliphatic carbocycles. The van der Waals surface area contributed by atoms with Crippen molar-refractivity contribution in [3.8, 4) is 67.5 Å². The number of rotatable bonds is 18. The molecule has 0 N–H and O–H groups in total. The Labute approximate surface area is 676 Å². The molecule has 0 spiro atoms. The van der Waals surface area contributed by atoms with Crippen molar-refractivity contribution in [2.24, 2.45) is 0 Å². The topological polar surface area (TPSA) is 77.3 Å². The Hall–Kier alpha value is -7.18. The van der Waals surface area contributed by atoms with Crippen LogP contribution in [0.5, 0.6) is 0 Å². The summed E-state index contributed by atoms with van der Waals surface area (Å²) in [7, 11) is -4.82. The molecule has 555 valence electrons. The van der Waals surface area contributed by atoms with E-state index in [2.05, 4.69) is 258 Å². The summed E-state index contributed by atoms with van der Waals surface area (Å²) in [6.45, 7) is 43.3. The Morgan fingerprint density at radius 3 is 0.733 bits per heavy atom. The van der Waals surface area contributed by atoms with Crippen LogP contribution in [0.25, 0.3) is 67.5 Å². The number of hydrogen-bond acceptors (Lipinski definition) is 6. The molecule has 6 nitrogen and oxygen atoms in total. The summed E-state index contributed by atoms with van der Waals surface area (Å²) in [5, 5.41) is 4.62. The molecule has 12 heteroatoms. The smallest absolute Gasteiger partial charge is 0.0933 e. The SMILES string of the molecule is CC(C)[Si](c1c[c-]c(-c2ccccn2)cc1)(C(C)C)C(C)C.CC(C)[Si](c1cc[c-]c(-c2ccccn2)c1)(C(C)C)C(C)C.CC(C)[Si](c1ccnc(-c2[c-]cccc2)c1)(C(C)C)C(C)C.[Ir].[Ir].[Ir].[c-]1ccccc1-c1ccccn1.[c-]1ccccc1-c1ccccn1.[c-]1ccccc1-c1ccccn1. The van der Waals surface area contributed by atoms with E-state index in [4.69, 9.17) is 0 Å². The third-order valence-corrected chi connectivity index (χ3v) is 41.4. The van der Waals surface area contributed by atoms with Gasteiger partial charge in [0, 0.05) is 106 Å². The zero-order valence-corrected chi connectivity index (χ0v) is 75.0. The van der Waals surface area contributed by atoms with E-state index in [0.717, 1.165) is 84.2 Å². The molecule has 12 aromatic rings. The normalized spacial score (nSPS) is 11.1. The largest absolute Gasteiger partial charge is 0.305 e. The van der Waals surface area contributed by atoms with Gasteiger partial charge in [0.25, 0.3) is 0 Å². The van der Waals surface area contributed by atoms with Gasteiger partial charge >= 0.3 is 0 Å². The number of nitrogens with zero attached hydrogens (tertiary/aromatic N) is 6. The molecule has 0 saturated heterocycles. The second kappa shape index (κ2) is 45.5.